The van der Waals surface area contributed by atoms with E-state index in [4.69, 9.17) is 16.3 Å². The Morgan fingerprint density at radius 1 is 1.21 bits per heavy atom. The van der Waals surface area contributed by atoms with Crippen molar-refractivity contribution in [1.82, 2.24) is 14.9 Å². The fourth-order valence-corrected chi connectivity index (χ4v) is 3.16. The number of carbonyl (C=O) groups is 1. The van der Waals surface area contributed by atoms with Crippen molar-refractivity contribution in [3.05, 3.63) is 46.4 Å². The molecule has 0 fully saturated rings. The molecule has 1 aliphatic rings. The van der Waals surface area contributed by atoms with Gasteiger partial charge in [0, 0.05) is 48.5 Å². The van der Waals surface area contributed by atoms with Crippen molar-refractivity contribution in [1.29, 1.82) is 0 Å². The second-order valence-electron chi connectivity index (χ2n) is 5.87. The number of amides is 1. The van der Waals surface area contributed by atoms with Gasteiger partial charge in [0.25, 0.3) is 0 Å². The Labute approximate surface area is 146 Å². The fraction of sp³-hybridized carbons (Fsp3) is 0.389. The summed E-state index contributed by atoms with van der Waals surface area (Å²) in [6.45, 7) is 3.33. The molecule has 1 amide bonds. The average molecular weight is 346 g/mol. The molecule has 0 radical (unpaired) electrons. The van der Waals surface area contributed by atoms with E-state index in [-0.39, 0.29) is 12.5 Å². The summed E-state index contributed by atoms with van der Waals surface area (Å²) in [5, 5.41) is 0.701. The monoisotopic (exact) mass is 345 g/mol. The molecule has 1 aromatic carbocycles. The summed E-state index contributed by atoms with van der Waals surface area (Å²) >= 11 is 5.99. The van der Waals surface area contributed by atoms with Gasteiger partial charge in [-0.2, -0.15) is 0 Å². The highest BCUT2D eigenvalue weighted by Crippen LogP contribution is 2.27. The van der Waals surface area contributed by atoms with Crippen molar-refractivity contribution in [2.45, 2.75) is 19.8 Å². The lowest BCUT2D eigenvalue weighted by Gasteiger charge is -2.19. The number of benzene rings is 1. The molecule has 3 rings (SSSR count). The van der Waals surface area contributed by atoms with Crippen LogP contribution in [0.25, 0.3) is 11.3 Å². The molecule has 0 aliphatic carbocycles. The number of methoxy groups -OCH3 is 1. The van der Waals surface area contributed by atoms with E-state index in [1.165, 1.54) is 7.11 Å². The van der Waals surface area contributed by atoms with E-state index in [0.29, 0.717) is 18.1 Å². The van der Waals surface area contributed by atoms with Crippen LogP contribution < -0.4 is 0 Å². The number of hydrogen-bond donors (Lipinski definition) is 0. The molecule has 2 heterocycles. The minimum Gasteiger partial charge on any atom is -0.375 e. The molecular weight excluding hydrogens is 326 g/mol. The summed E-state index contributed by atoms with van der Waals surface area (Å²) in [4.78, 5) is 23.2. The minimum absolute atomic E-state index is 0.0167. The molecule has 0 bridgehead atoms. The van der Waals surface area contributed by atoms with Crippen molar-refractivity contribution in [3.8, 4) is 11.3 Å². The van der Waals surface area contributed by atoms with E-state index in [0.717, 1.165) is 41.2 Å². The average Bonchev–Trinajstić information content (AvgIpc) is 2.78. The van der Waals surface area contributed by atoms with Crippen LogP contribution in [0.2, 0.25) is 5.02 Å². The highest BCUT2D eigenvalue weighted by Gasteiger charge is 2.22. The number of nitrogens with zero attached hydrogens (tertiary/aromatic N) is 3. The maximum atomic E-state index is 12.1. The molecule has 0 saturated heterocycles. The van der Waals surface area contributed by atoms with Gasteiger partial charge in [0.15, 0.2) is 0 Å². The quantitative estimate of drug-likeness (QED) is 0.858. The molecule has 126 valence electrons. The van der Waals surface area contributed by atoms with Crippen LogP contribution >= 0.6 is 11.6 Å². The predicted octanol–water partition coefficient (Wildman–Crippen LogP) is 2.68. The van der Waals surface area contributed by atoms with Gasteiger partial charge in [-0.3, -0.25) is 4.79 Å². The van der Waals surface area contributed by atoms with Gasteiger partial charge in [-0.1, -0.05) is 23.7 Å². The Morgan fingerprint density at radius 2 is 1.92 bits per heavy atom. The predicted molar refractivity (Wildman–Crippen MR) is 93.1 cm³/mol. The van der Waals surface area contributed by atoms with Crippen LogP contribution in [0.5, 0.6) is 0 Å². The van der Waals surface area contributed by atoms with Crippen molar-refractivity contribution >= 4 is 17.5 Å². The number of rotatable bonds is 3. The van der Waals surface area contributed by atoms with Crippen molar-refractivity contribution in [2.24, 2.45) is 0 Å². The molecule has 0 saturated carbocycles. The summed E-state index contributed by atoms with van der Waals surface area (Å²) in [7, 11) is 1.54. The number of ether oxygens (including phenoxy) is 1. The first-order chi connectivity index (χ1) is 11.6. The third kappa shape index (κ3) is 3.57. The van der Waals surface area contributed by atoms with Gasteiger partial charge < -0.3 is 9.64 Å². The van der Waals surface area contributed by atoms with E-state index in [9.17, 15) is 4.79 Å². The number of halogens is 1. The van der Waals surface area contributed by atoms with Crippen LogP contribution in [0.4, 0.5) is 0 Å². The first-order valence-corrected chi connectivity index (χ1v) is 8.35. The van der Waals surface area contributed by atoms with E-state index in [1.54, 1.807) is 0 Å². The molecule has 0 N–H and O–H groups in total. The Morgan fingerprint density at radius 3 is 2.62 bits per heavy atom. The zero-order valence-corrected chi connectivity index (χ0v) is 14.6. The highest BCUT2D eigenvalue weighted by atomic mass is 35.5. The number of hydrogen-bond acceptors (Lipinski definition) is 4. The minimum atomic E-state index is 0.0167. The summed E-state index contributed by atoms with van der Waals surface area (Å²) in [6.07, 6.45) is 1.47. The molecule has 0 atom stereocenters. The normalized spacial score (nSPS) is 14.2. The van der Waals surface area contributed by atoms with Crippen LogP contribution in [0.1, 0.15) is 17.1 Å². The van der Waals surface area contributed by atoms with E-state index in [1.807, 2.05) is 36.1 Å². The molecule has 2 aromatic rings. The summed E-state index contributed by atoms with van der Waals surface area (Å²) < 4.78 is 4.97. The summed E-state index contributed by atoms with van der Waals surface area (Å²) in [5.41, 5.74) is 4.11. The lowest BCUT2D eigenvalue weighted by atomic mass is 10.0. The molecule has 1 aromatic heterocycles. The van der Waals surface area contributed by atoms with Crippen LogP contribution in [-0.4, -0.2) is 47.6 Å². The lowest BCUT2D eigenvalue weighted by molar-refractivity contribution is -0.135. The van der Waals surface area contributed by atoms with Gasteiger partial charge in [0.1, 0.15) is 12.4 Å². The van der Waals surface area contributed by atoms with Crippen molar-refractivity contribution in [3.63, 3.8) is 0 Å². The summed E-state index contributed by atoms with van der Waals surface area (Å²) in [5.74, 6) is 0.762. The Kier molecular flexibility index (Phi) is 5.11. The molecule has 6 heteroatoms. The van der Waals surface area contributed by atoms with Crippen LogP contribution in [-0.2, 0) is 22.4 Å². The Balaban J connectivity index is 1.94. The number of fused-ring (bicyclic) bond motifs is 1. The summed E-state index contributed by atoms with van der Waals surface area (Å²) in [6, 6.07) is 7.68. The molecule has 0 unspecified atom stereocenters. The van der Waals surface area contributed by atoms with Gasteiger partial charge in [0.05, 0.1) is 5.69 Å². The molecule has 1 aliphatic heterocycles. The number of aromatic nitrogens is 2. The van der Waals surface area contributed by atoms with Crippen LogP contribution in [0.3, 0.4) is 0 Å². The maximum Gasteiger partial charge on any atom is 0.248 e. The first-order valence-electron chi connectivity index (χ1n) is 7.97. The standard InChI is InChI=1S/C18H20ClN3O2/c1-12-20-16-8-10-22(17(23)11-24-2)9-7-15(16)18(21-12)13-3-5-14(19)6-4-13/h3-6H,7-11H2,1-2H3. The first kappa shape index (κ1) is 16.9. The molecule has 0 spiro atoms. The third-order valence-corrected chi connectivity index (χ3v) is 4.44. The van der Waals surface area contributed by atoms with Crippen LogP contribution in [0.15, 0.2) is 24.3 Å². The number of carbonyl (C=O) groups excluding carboxylic acids is 1. The van der Waals surface area contributed by atoms with E-state index < -0.39 is 0 Å². The second-order valence-corrected chi connectivity index (χ2v) is 6.30. The maximum absolute atomic E-state index is 12.1. The lowest BCUT2D eigenvalue weighted by Crippen LogP contribution is -2.35. The van der Waals surface area contributed by atoms with Gasteiger partial charge in [-0.05, 0) is 25.5 Å². The molecular formula is C18H20ClN3O2. The van der Waals surface area contributed by atoms with Crippen molar-refractivity contribution in [2.75, 3.05) is 26.8 Å². The van der Waals surface area contributed by atoms with E-state index in [2.05, 4.69) is 9.97 Å². The smallest absolute Gasteiger partial charge is 0.248 e. The van der Waals surface area contributed by atoms with Gasteiger partial charge >= 0.3 is 0 Å². The fourth-order valence-electron chi connectivity index (χ4n) is 3.03. The largest absolute Gasteiger partial charge is 0.375 e. The number of aryl methyl sites for hydroxylation is 1. The zero-order chi connectivity index (χ0) is 17.1. The third-order valence-electron chi connectivity index (χ3n) is 4.19. The SMILES string of the molecule is COCC(=O)N1CCc2nc(C)nc(-c3ccc(Cl)cc3)c2CC1. The second kappa shape index (κ2) is 7.28. The zero-order valence-electron chi connectivity index (χ0n) is 13.9. The topological polar surface area (TPSA) is 55.3 Å². The highest BCUT2D eigenvalue weighted by molar-refractivity contribution is 6.30. The molecule has 24 heavy (non-hydrogen) atoms. The van der Waals surface area contributed by atoms with Gasteiger partial charge in [-0.15, -0.1) is 0 Å². The Hall–Kier alpha value is -1.98. The van der Waals surface area contributed by atoms with Crippen LogP contribution in [0, 0.1) is 6.92 Å². The van der Waals surface area contributed by atoms with Crippen molar-refractivity contribution < 1.29 is 9.53 Å². The molecule has 5 nitrogen and oxygen atoms in total. The van der Waals surface area contributed by atoms with Gasteiger partial charge in [0.2, 0.25) is 5.91 Å². The van der Waals surface area contributed by atoms with Gasteiger partial charge in [-0.25, -0.2) is 9.97 Å². The Bertz CT molecular complexity index is 747. The van der Waals surface area contributed by atoms with E-state index >= 15 is 0 Å².